The van der Waals surface area contributed by atoms with Gasteiger partial charge in [-0.25, -0.2) is 4.31 Å². The Balaban J connectivity index is 2.56. The summed E-state index contributed by atoms with van der Waals surface area (Å²) in [7, 11) is -4.55. The van der Waals surface area contributed by atoms with Gasteiger partial charge in [-0.05, 0) is 54.4 Å². The molecule has 0 bridgehead atoms. The van der Waals surface area contributed by atoms with Gasteiger partial charge in [0.15, 0.2) is 0 Å². The summed E-state index contributed by atoms with van der Waals surface area (Å²) in [5.41, 5.74) is 4.05. The molecule has 1 aliphatic rings. The van der Waals surface area contributed by atoms with Crippen LogP contribution in [-0.2, 0) is 27.9 Å². The van der Waals surface area contributed by atoms with Crippen LogP contribution in [0.4, 0.5) is 11.4 Å². The highest BCUT2D eigenvalue weighted by Crippen LogP contribution is 2.46. The van der Waals surface area contributed by atoms with Crippen LogP contribution in [0.2, 0.25) is 0 Å². The van der Waals surface area contributed by atoms with Crippen LogP contribution < -0.4 is 9.21 Å². The maximum atomic E-state index is 12.6. The SMILES string of the molecule is CCCCCCCCN1CCc2c(C)c(CC(=O)O)c(C)c(N(CC(C)(C)C)S(=O)(=O)O)c21. The molecule has 0 fully saturated rings. The zero-order valence-corrected chi connectivity index (χ0v) is 22.0. The van der Waals surface area contributed by atoms with E-state index < -0.39 is 21.7 Å². The first-order chi connectivity index (χ1) is 15.3. The van der Waals surface area contributed by atoms with Crippen LogP contribution in [0.3, 0.4) is 0 Å². The predicted octanol–water partition coefficient (Wildman–Crippen LogP) is 5.31. The zero-order chi connectivity index (χ0) is 25.0. The van der Waals surface area contributed by atoms with Crippen molar-refractivity contribution >= 4 is 27.6 Å². The number of carboxylic acids is 1. The van der Waals surface area contributed by atoms with Gasteiger partial charge in [0.1, 0.15) is 0 Å². The molecule has 8 heteroatoms. The summed E-state index contributed by atoms with van der Waals surface area (Å²) in [6.07, 6.45) is 7.59. The maximum Gasteiger partial charge on any atom is 0.360 e. The molecule has 33 heavy (non-hydrogen) atoms. The third kappa shape index (κ3) is 7.09. The molecule has 188 valence electrons. The quantitative estimate of drug-likeness (QED) is 0.309. The molecule has 0 radical (unpaired) electrons. The van der Waals surface area contributed by atoms with Gasteiger partial charge >= 0.3 is 16.3 Å². The van der Waals surface area contributed by atoms with Crippen molar-refractivity contribution in [3.63, 3.8) is 0 Å². The van der Waals surface area contributed by atoms with E-state index in [2.05, 4.69) is 11.8 Å². The average molecular weight is 483 g/mol. The van der Waals surface area contributed by atoms with Crippen LogP contribution >= 0.6 is 0 Å². The predicted molar refractivity (Wildman–Crippen MR) is 135 cm³/mol. The topological polar surface area (TPSA) is 98.2 Å². The molecule has 2 N–H and O–H groups in total. The number of hydrogen-bond donors (Lipinski definition) is 2. The van der Waals surface area contributed by atoms with Gasteiger partial charge in [-0.3, -0.25) is 9.35 Å². The van der Waals surface area contributed by atoms with Crippen molar-refractivity contribution in [3.8, 4) is 0 Å². The first kappa shape index (κ1) is 27.4. The summed E-state index contributed by atoms with van der Waals surface area (Å²) >= 11 is 0. The van der Waals surface area contributed by atoms with Crippen molar-refractivity contribution in [3.05, 3.63) is 22.3 Å². The second kappa shape index (κ2) is 11.1. The van der Waals surface area contributed by atoms with E-state index in [1.807, 2.05) is 27.7 Å². The minimum absolute atomic E-state index is 0.0968. The van der Waals surface area contributed by atoms with E-state index in [4.69, 9.17) is 0 Å². The molecule has 7 nitrogen and oxygen atoms in total. The van der Waals surface area contributed by atoms with Gasteiger partial charge < -0.3 is 10.0 Å². The number of hydrogen-bond acceptors (Lipinski definition) is 4. The van der Waals surface area contributed by atoms with Crippen molar-refractivity contribution in [1.82, 2.24) is 0 Å². The third-order valence-corrected chi connectivity index (χ3v) is 7.30. The molecule has 0 aromatic heterocycles. The number of unbranched alkanes of at least 4 members (excludes halogenated alkanes) is 5. The van der Waals surface area contributed by atoms with Crippen molar-refractivity contribution in [2.75, 3.05) is 28.8 Å². The second-order valence-electron chi connectivity index (χ2n) is 10.5. The number of anilines is 2. The minimum atomic E-state index is -4.55. The Kier molecular flexibility index (Phi) is 9.22. The van der Waals surface area contributed by atoms with Gasteiger partial charge in [-0.2, -0.15) is 8.42 Å². The number of fused-ring (bicyclic) bond motifs is 1. The highest BCUT2D eigenvalue weighted by atomic mass is 32.2. The summed E-state index contributed by atoms with van der Waals surface area (Å²) < 4.78 is 36.5. The van der Waals surface area contributed by atoms with E-state index in [0.717, 1.165) is 53.5 Å². The van der Waals surface area contributed by atoms with Crippen molar-refractivity contribution in [2.45, 2.75) is 92.9 Å². The molecular weight excluding hydrogens is 440 g/mol. The van der Waals surface area contributed by atoms with Crippen LogP contribution in [0, 0.1) is 19.3 Å². The molecule has 1 aliphatic heterocycles. The number of aliphatic carboxylic acids is 1. The molecule has 0 unspecified atom stereocenters. The molecular formula is C25H42N2O5S. The molecule has 0 spiro atoms. The Morgan fingerprint density at radius 2 is 1.67 bits per heavy atom. The lowest BCUT2D eigenvalue weighted by Crippen LogP contribution is -2.39. The van der Waals surface area contributed by atoms with Gasteiger partial charge in [0.2, 0.25) is 0 Å². The normalized spacial score (nSPS) is 14.0. The molecule has 2 rings (SSSR count). The first-order valence-electron chi connectivity index (χ1n) is 12.1. The summed E-state index contributed by atoms with van der Waals surface area (Å²) in [5.74, 6) is -0.955. The van der Waals surface area contributed by atoms with E-state index in [1.54, 1.807) is 6.92 Å². The van der Waals surface area contributed by atoms with E-state index >= 15 is 0 Å². The zero-order valence-electron chi connectivity index (χ0n) is 21.2. The molecule has 0 saturated carbocycles. The molecule has 0 atom stereocenters. The van der Waals surface area contributed by atoms with Crippen LogP contribution in [0.15, 0.2) is 0 Å². The van der Waals surface area contributed by atoms with E-state index in [0.29, 0.717) is 16.8 Å². The standard InChI is InChI=1S/C25H42N2O5S/c1-7-8-9-10-11-12-14-26-15-13-20-18(2)21(16-22(28)29)19(3)23(24(20)26)27(33(30,31)32)17-25(4,5)6/h7-17H2,1-6H3,(H,28,29)(H,30,31,32). The fourth-order valence-electron chi connectivity index (χ4n) is 4.84. The first-order valence-corrected chi connectivity index (χ1v) is 13.5. The van der Waals surface area contributed by atoms with Crippen LogP contribution in [0.1, 0.15) is 88.5 Å². The van der Waals surface area contributed by atoms with Gasteiger partial charge in [-0.15, -0.1) is 0 Å². The lowest BCUT2D eigenvalue weighted by molar-refractivity contribution is -0.136. The van der Waals surface area contributed by atoms with E-state index in [-0.39, 0.29) is 13.0 Å². The second-order valence-corrected chi connectivity index (χ2v) is 11.9. The highest BCUT2D eigenvalue weighted by molar-refractivity contribution is 7.87. The largest absolute Gasteiger partial charge is 0.481 e. The van der Waals surface area contributed by atoms with Crippen LogP contribution in [-0.4, -0.2) is 43.7 Å². The number of benzene rings is 1. The Morgan fingerprint density at radius 3 is 2.21 bits per heavy atom. The molecule has 0 amide bonds. The number of nitrogens with zero attached hydrogens (tertiary/aromatic N) is 2. The molecule has 0 saturated heterocycles. The van der Waals surface area contributed by atoms with Gasteiger partial charge in [0.25, 0.3) is 0 Å². The fraction of sp³-hybridized carbons (Fsp3) is 0.720. The maximum absolute atomic E-state index is 12.6. The summed E-state index contributed by atoms with van der Waals surface area (Å²) in [5, 5.41) is 9.51. The Bertz CT molecular complexity index is 951. The highest BCUT2D eigenvalue weighted by Gasteiger charge is 2.36. The molecule has 1 aromatic rings. The molecule has 1 heterocycles. The van der Waals surface area contributed by atoms with E-state index in [9.17, 15) is 22.9 Å². The number of rotatable bonds is 12. The Hall–Kier alpha value is -1.80. The molecule has 1 aromatic carbocycles. The number of carbonyl (C=O) groups is 1. The van der Waals surface area contributed by atoms with Crippen LogP contribution in [0.5, 0.6) is 0 Å². The van der Waals surface area contributed by atoms with E-state index in [1.165, 1.54) is 25.7 Å². The van der Waals surface area contributed by atoms with Crippen LogP contribution in [0.25, 0.3) is 0 Å². The monoisotopic (exact) mass is 482 g/mol. The number of carboxylic acid groups (broad SMARTS) is 1. The fourth-order valence-corrected chi connectivity index (χ4v) is 5.85. The smallest absolute Gasteiger partial charge is 0.360 e. The van der Waals surface area contributed by atoms with Gasteiger partial charge in [0.05, 0.1) is 17.8 Å². The molecule has 0 aliphatic carbocycles. The van der Waals surface area contributed by atoms with Crippen molar-refractivity contribution in [1.29, 1.82) is 0 Å². The lowest BCUT2D eigenvalue weighted by Gasteiger charge is -2.34. The van der Waals surface area contributed by atoms with Gasteiger partial charge in [-0.1, -0.05) is 59.8 Å². The Labute approximate surface area is 200 Å². The van der Waals surface area contributed by atoms with Crippen molar-refractivity contribution in [2.24, 2.45) is 5.41 Å². The van der Waals surface area contributed by atoms with Gasteiger partial charge in [0, 0.05) is 19.6 Å². The summed E-state index contributed by atoms with van der Waals surface area (Å²) in [6, 6.07) is 0. The Morgan fingerprint density at radius 1 is 1.06 bits per heavy atom. The summed E-state index contributed by atoms with van der Waals surface area (Å²) in [6.45, 7) is 13.3. The average Bonchev–Trinajstić information content (AvgIpc) is 3.09. The lowest BCUT2D eigenvalue weighted by atomic mass is 9.90. The van der Waals surface area contributed by atoms with Crippen molar-refractivity contribution < 1.29 is 22.9 Å². The third-order valence-electron chi connectivity index (χ3n) is 6.43. The minimum Gasteiger partial charge on any atom is -0.481 e. The summed E-state index contributed by atoms with van der Waals surface area (Å²) in [4.78, 5) is 13.8.